The maximum Gasteiger partial charge on any atom is 0.295 e. The largest absolute Gasteiger partial charge is 0.505 e. The van der Waals surface area contributed by atoms with E-state index in [9.17, 15) is 22.9 Å². The molecule has 1 unspecified atom stereocenters. The Morgan fingerprint density at radius 2 is 1.63 bits per heavy atom. The predicted molar refractivity (Wildman–Crippen MR) is 169 cm³/mol. The zero-order valence-electron chi connectivity index (χ0n) is 23.1. The zero-order valence-corrected chi connectivity index (χ0v) is 24.7. The van der Waals surface area contributed by atoms with Gasteiger partial charge in [-0.2, -0.15) is 13.5 Å². The molecule has 0 radical (unpaired) electrons. The molecule has 4 N–H and O–H groups in total. The van der Waals surface area contributed by atoms with Gasteiger partial charge >= 0.3 is 0 Å². The lowest BCUT2D eigenvalue weighted by Crippen LogP contribution is -2.13. The average Bonchev–Trinajstić information content (AvgIpc) is 3.41. The number of nitrogens with one attached hydrogen (secondary N) is 2. The highest BCUT2D eigenvalue weighted by Gasteiger charge is 2.30. The van der Waals surface area contributed by atoms with E-state index in [0.717, 1.165) is 16.5 Å². The molecular formula is C32H26N4O5S2. The van der Waals surface area contributed by atoms with E-state index in [-0.39, 0.29) is 27.3 Å². The lowest BCUT2D eigenvalue weighted by atomic mass is 10.0. The van der Waals surface area contributed by atoms with Crippen molar-refractivity contribution in [1.82, 2.24) is 0 Å². The summed E-state index contributed by atoms with van der Waals surface area (Å²) < 4.78 is 33.8. The molecule has 1 aliphatic rings. The van der Waals surface area contributed by atoms with Gasteiger partial charge in [-0.05, 0) is 66.3 Å². The van der Waals surface area contributed by atoms with Crippen LogP contribution in [0.2, 0.25) is 0 Å². The fourth-order valence-electron chi connectivity index (χ4n) is 4.97. The van der Waals surface area contributed by atoms with Gasteiger partial charge in [0.25, 0.3) is 16.0 Å². The van der Waals surface area contributed by atoms with Crippen LogP contribution >= 0.6 is 11.8 Å². The topological polar surface area (TPSA) is 140 Å². The van der Waals surface area contributed by atoms with Crippen molar-refractivity contribution in [1.29, 1.82) is 0 Å². The van der Waals surface area contributed by atoms with Gasteiger partial charge in [-0.25, -0.2) is 0 Å². The number of aryl methyl sites for hydroxylation is 2. The smallest absolute Gasteiger partial charge is 0.295 e. The van der Waals surface area contributed by atoms with Crippen molar-refractivity contribution in [2.45, 2.75) is 29.0 Å². The highest BCUT2D eigenvalue weighted by molar-refractivity contribution is 8.00. The van der Waals surface area contributed by atoms with Crippen molar-refractivity contribution in [2.75, 3.05) is 10.6 Å². The Morgan fingerprint density at radius 1 is 0.907 bits per heavy atom. The quantitative estimate of drug-likeness (QED) is 0.112. The van der Waals surface area contributed by atoms with Crippen LogP contribution in [0.4, 0.5) is 22.7 Å². The summed E-state index contributed by atoms with van der Waals surface area (Å²) in [6.07, 6.45) is 0. The average molecular weight is 611 g/mol. The molecular weight excluding hydrogens is 585 g/mol. The van der Waals surface area contributed by atoms with Crippen LogP contribution in [0.15, 0.2) is 111 Å². The van der Waals surface area contributed by atoms with Gasteiger partial charge in [-0.15, -0.1) is 5.11 Å². The van der Waals surface area contributed by atoms with Crippen LogP contribution in [0.1, 0.15) is 32.4 Å². The number of aromatic hydroxyl groups is 1. The van der Waals surface area contributed by atoms with E-state index < -0.39 is 16.0 Å². The van der Waals surface area contributed by atoms with Gasteiger partial charge in [-0.1, -0.05) is 72.4 Å². The van der Waals surface area contributed by atoms with Gasteiger partial charge < -0.3 is 15.7 Å². The SMILES string of the molecule is Cc1ccccc1NC(=O)c1cc2ccccc2c(/N=N/c2ccc(C3Nc4ccc(C)c(S(=O)(=O)O)c4S3)cc2)c1O. The first-order valence-electron chi connectivity index (χ1n) is 13.3. The molecule has 0 saturated carbocycles. The first-order valence-corrected chi connectivity index (χ1v) is 15.6. The molecule has 9 nitrogen and oxygen atoms in total. The minimum atomic E-state index is -4.38. The molecule has 1 aliphatic heterocycles. The number of carbonyl (C=O) groups is 1. The van der Waals surface area contributed by atoms with Gasteiger partial charge in [-0.3, -0.25) is 9.35 Å². The normalized spacial score (nSPS) is 14.5. The van der Waals surface area contributed by atoms with Gasteiger partial charge in [0.05, 0.1) is 21.8 Å². The van der Waals surface area contributed by atoms with E-state index in [4.69, 9.17) is 0 Å². The van der Waals surface area contributed by atoms with E-state index in [0.29, 0.717) is 32.9 Å². The van der Waals surface area contributed by atoms with Gasteiger partial charge in [0.1, 0.15) is 16.0 Å². The van der Waals surface area contributed by atoms with Crippen LogP contribution < -0.4 is 10.6 Å². The number of hydrogen-bond acceptors (Lipinski definition) is 8. The number of amides is 1. The van der Waals surface area contributed by atoms with Crippen LogP contribution in [0.3, 0.4) is 0 Å². The van der Waals surface area contributed by atoms with Crippen LogP contribution in [-0.2, 0) is 10.1 Å². The van der Waals surface area contributed by atoms with Crippen molar-refractivity contribution in [2.24, 2.45) is 10.2 Å². The number of para-hydroxylation sites is 1. The number of carbonyl (C=O) groups excluding carboxylic acids is 1. The molecule has 1 amide bonds. The molecule has 0 aliphatic carbocycles. The number of anilines is 2. The van der Waals surface area contributed by atoms with Crippen LogP contribution in [0.5, 0.6) is 5.75 Å². The Balaban J connectivity index is 1.27. The summed E-state index contributed by atoms with van der Waals surface area (Å²) in [5, 5.41) is 27.1. The Kier molecular flexibility index (Phi) is 7.38. The van der Waals surface area contributed by atoms with Crippen molar-refractivity contribution < 1.29 is 22.9 Å². The first-order chi connectivity index (χ1) is 20.6. The van der Waals surface area contributed by atoms with Crippen molar-refractivity contribution in [3.05, 3.63) is 113 Å². The number of azo groups is 1. The number of thioether (sulfide) groups is 1. The molecule has 0 fully saturated rings. The highest BCUT2D eigenvalue weighted by Crippen LogP contribution is 2.50. The molecule has 1 heterocycles. The van der Waals surface area contributed by atoms with Crippen molar-refractivity contribution in [3.63, 3.8) is 0 Å². The van der Waals surface area contributed by atoms with Crippen LogP contribution in [0.25, 0.3) is 10.8 Å². The molecule has 43 heavy (non-hydrogen) atoms. The molecule has 0 bridgehead atoms. The van der Waals surface area contributed by atoms with Crippen molar-refractivity contribution >= 4 is 61.3 Å². The second kappa shape index (κ2) is 11.2. The maximum atomic E-state index is 13.2. The van der Waals surface area contributed by atoms with E-state index in [2.05, 4.69) is 20.9 Å². The summed E-state index contributed by atoms with van der Waals surface area (Å²) in [6, 6.07) is 27.0. The number of fused-ring (bicyclic) bond motifs is 2. The van der Waals surface area contributed by atoms with Gasteiger partial charge in [0.2, 0.25) is 0 Å². The Labute approximate surface area is 252 Å². The number of phenols is 1. The first kappa shape index (κ1) is 28.4. The third kappa shape index (κ3) is 5.57. The monoisotopic (exact) mass is 610 g/mol. The number of hydrogen-bond donors (Lipinski definition) is 4. The number of benzene rings is 5. The zero-order chi connectivity index (χ0) is 30.3. The number of rotatable bonds is 6. The van der Waals surface area contributed by atoms with Crippen LogP contribution in [0, 0.1) is 13.8 Å². The lowest BCUT2D eigenvalue weighted by molar-refractivity contribution is 0.102. The summed E-state index contributed by atoms with van der Waals surface area (Å²) >= 11 is 1.31. The minimum Gasteiger partial charge on any atom is -0.505 e. The standard InChI is InChI=1S/C32H26N4O5S2/c1-18-7-3-6-10-25(18)33-31(38)24-17-21-8-4-5-9-23(21)27(28(24)37)36-35-22-14-12-20(13-15-22)32-34-26-16-11-19(2)30(29(26)42-32)43(39,40)41/h3-17,32,34,37H,1-2H3,(H,33,38)(H,39,40,41)/b36-35+. The second-order valence-corrected chi connectivity index (χ2v) is 12.6. The molecule has 216 valence electrons. The summed E-state index contributed by atoms with van der Waals surface area (Å²) in [5.74, 6) is -0.743. The Bertz CT molecular complexity index is 2040. The highest BCUT2D eigenvalue weighted by atomic mass is 32.2. The maximum absolute atomic E-state index is 13.2. The third-order valence-corrected chi connectivity index (χ3v) is 9.64. The number of phenolic OH excluding ortho intramolecular Hbond substituents is 1. The van der Waals surface area contributed by atoms with E-state index in [1.807, 2.05) is 55.5 Å². The van der Waals surface area contributed by atoms with E-state index in [1.165, 1.54) is 11.8 Å². The minimum absolute atomic E-state index is 0.0784. The Morgan fingerprint density at radius 3 is 2.37 bits per heavy atom. The molecule has 6 rings (SSSR count). The van der Waals surface area contributed by atoms with Crippen molar-refractivity contribution in [3.8, 4) is 5.75 Å². The summed E-state index contributed by atoms with van der Waals surface area (Å²) in [4.78, 5) is 13.6. The van der Waals surface area contributed by atoms with E-state index in [1.54, 1.807) is 49.4 Å². The predicted octanol–water partition coefficient (Wildman–Crippen LogP) is 8.29. The Hall–Kier alpha value is -4.71. The summed E-state index contributed by atoms with van der Waals surface area (Å²) in [5.41, 5.74) is 4.27. The molecule has 0 aromatic heterocycles. The molecule has 5 aromatic rings. The molecule has 5 aromatic carbocycles. The van der Waals surface area contributed by atoms with Gasteiger partial charge in [0.15, 0.2) is 5.75 Å². The molecule has 0 saturated heterocycles. The van der Waals surface area contributed by atoms with E-state index >= 15 is 0 Å². The second-order valence-electron chi connectivity index (χ2n) is 10.1. The fraction of sp³-hybridized carbons (Fsp3) is 0.0938. The lowest BCUT2D eigenvalue weighted by Gasteiger charge is -2.12. The fourth-order valence-corrected chi connectivity index (χ4v) is 7.49. The summed E-state index contributed by atoms with van der Waals surface area (Å²) in [7, 11) is -4.38. The van der Waals surface area contributed by atoms with Crippen LogP contribution in [-0.4, -0.2) is 24.0 Å². The molecule has 1 atom stereocenters. The third-order valence-electron chi connectivity index (χ3n) is 7.18. The summed E-state index contributed by atoms with van der Waals surface area (Å²) in [6.45, 7) is 3.53. The van der Waals surface area contributed by atoms with Gasteiger partial charge in [0, 0.05) is 11.1 Å². The molecule has 0 spiro atoms. The number of nitrogens with zero attached hydrogens (tertiary/aromatic N) is 2. The molecule has 11 heteroatoms.